The number of aromatic nitrogens is 2. The van der Waals surface area contributed by atoms with Crippen LogP contribution in [0.1, 0.15) is 11.1 Å². The van der Waals surface area contributed by atoms with E-state index >= 15 is 0 Å². The molecular formula is C13H12FN5. The molecule has 0 fully saturated rings. The van der Waals surface area contributed by atoms with Crippen LogP contribution in [0.3, 0.4) is 0 Å². The number of hydrogen-bond donors (Lipinski definition) is 2. The molecule has 0 aliphatic carbocycles. The first-order chi connectivity index (χ1) is 9.17. The van der Waals surface area contributed by atoms with E-state index in [4.69, 9.17) is 5.26 Å². The van der Waals surface area contributed by atoms with Gasteiger partial charge in [-0.2, -0.15) is 5.26 Å². The topological polar surface area (TPSA) is 73.6 Å². The molecule has 6 heteroatoms. The van der Waals surface area contributed by atoms with E-state index < -0.39 is 5.82 Å². The van der Waals surface area contributed by atoms with Gasteiger partial charge >= 0.3 is 0 Å². The van der Waals surface area contributed by atoms with Gasteiger partial charge in [-0.05, 0) is 19.1 Å². The zero-order valence-electron chi connectivity index (χ0n) is 10.5. The highest BCUT2D eigenvalue weighted by atomic mass is 19.1. The van der Waals surface area contributed by atoms with E-state index in [1.165, 1.54) is 18.5 Å². The molecule has 0 saturated carbocycles. The zero-order chi connectivity index (χ0) is 13.8. The predicted molar refractivity (Wildman–Crippen MR) is 70.7 cm³/mol. The first-order valence-corrected chi connectivity index (χ1v) is 5.62. The summed E-state index contributed by atoms with van der Waals surface area (Å²) in [6.07, 6.45) is 1.40. The van der Waals surface area contributed by atoms with E-state index in [1.54, 1.807) is 13.1 Å². The highest BCUT2D eigenvalue weighted by molar-refractivity contribution is 5.68. The molecule has 0 spiro atoms. The highest BCUT2D eigenvalue weighted by Gasteiger charge is 2.11. The van der Waals surface area contributed by atoms with Gasteiger partial charge in [0.1, 0.15) is 35.4 Å². The number of hydrogen-bond acceptors (Lipinski definition) is 5. The third-order valence-corrected chi connectivity index (χ3v) is 2.70. The highest BCUT2D eigenvalue weighted by Crippen LogP contribution is 2.25. The fourth-order valence-corrected chi connectivity index (χ4v) is 1.70. The molecule has 2 N–H and O–H groups in total. The Hall–Kier alpha value is -2.68. The van der Waals surface area contributed by atoms with Gasteiger partial charge in [-0.1, -0.05) is 6.07 Å². The lowest BCUT2D eigenvalue weighted by molar-refractivity contribution is 0.624. The average Bonchev–Trinajstić information content (AvgIpc) is 2.41. The molecule has 0 aliphatic heterocycles. The molecule has 2 aromatic rings. The molecule has 1 aromatic heterocycles. The molecule has 0 bridgehead atoms. The molecule has 1 aromatic carbocycles. The Bertz CT molecular complexity index is 648. The largest absolute Gasteiger partial charge is 0.373 e. The van der Waals surface area contributed by atoms with Gasteiger partial charge in [0.15, 0.2) is 0 Å². The second-order valence-corrected chi connectivity index (χ2v) is 3.85. The molecule has 2 rings (SSSR count). The van der Waals surface area contributed by atoms with Gasteiger partial charge in [-0.15, -0.1) is 0 Å². The van der Waals surface area contributed by atoms with Gasteiger partial charge in [-0.25, -0.2) is 14.4 Å². The van der Waals surface area contributed by atoms with Crippen molar-refractivity contribution in [2.45, 2.75) is 6.92 Å². The van der Waals surface area contributed by atoms with Crippen LogP contribution in [0.2, 0.25) is 0 Å². The Morgan fingerprint density at radius 2 is 2.00 bits per heavy atom. The van der Waals surface area contributed by atoms with Gasteiger partial charge in [0, 0.05) is 12.6 Å². The Morgan fingerprint density at radius 1 is 1.26 bits per heavy atom. The summed E-state index contributed by atoms with van der Waals surface area (Å²) in [5.74, 6) is 0.641. The molecule has 5 nitrogen and oxygen atoms in total. The first-order valence-electron chi connectivity index (χ1n) is 5.62. The van der Waals surface area contributed by atoms with Crippen LogP contribution in [0.25, 0.3) is 0 Å². The van der Waals surface area contributed by atoms with Gasteiger partial charge in [0.2, 0.25) is 0 Å². The molecule has 0 unspecified atom stereocenters. The number of rotatable bonds is 3. The van der Waals surface area contributed by atoms with Crippen molar-refractivity contribution in [1.29, 1.82) is 5.26 Å². The zero-order valence-corrected chi connectivity index (χ0v) is 10.5. The molecule has 1 heterocycles. The van der Waals surface area contributed by atoms with Crippen LogP contribution in [-0.4, -0.2) is 17.0 Å². The van der Waals surface area contributed by atoms with Crippen LogP contribution < -0.4 is 10.6 Å². The maximum Gasteiger partial charge on any atom is 0.143 e. The minimum Gasteiger partial charge on any atom is -0.373 e. The van der Waals surface area contributed by atoms with Crippen LogP contribution >= 0.6 is 0 Å². The molecule has 0 aliphatic rings. The van der Waals surface area contributed by atoms with Crippen molar-refractivity contribution in [2.75, 3.05) is 17.7 Å². The summed E-state index contributed by atoms with van der Waals surface area (Å²) < 4.78 is 13.5. The van der Waals surface area contributed by atoms with Crippen molar-refractivity contribution in [3.63, 3.8) is 0 Å². The smallest absolute Gasteiger partial charge is 0.143 e. The number of nitriles is 1. The van der Waals surface area contributed by atoms with Crippen molar-refractivity contribution in [3.8, 4) is 6.07 Å². The Balaban J connectivity index is 2.43. The van der Waals surface area contributed by atoms with E-state index in [0.29, 0.717) is 17.3 Å². The standard InChI is InChI=1S/C13H12FN5/c1-8-12(16-2)17-7-18-13(8)19-11-5-3-4-10(14)9(11)6-15/h3-5,7H,1-2H3,(H2,16,17,18,19). The number of benzene rings is 1. The van der Waals surface area contributed by atoms with Crippen molar-refractivity contribution in [1.82, 2.24) is 9.97 Å². The summed E-state index contributed by atoms with van der Waals surface area (Å²) in [6, 6.07) is 6.24. The molecule has 0 saturated heterocycles. The number of nitrogens with zero attached hydrogens (tertiary/aromatic N) is 3. The molecule has 96 valence electrons. The van der Waals surface area contributed by atoms with Crippen LogP contribution in [0.5, 0.6) is 0 Å². The summed E-state index contributed by atoms with van der Waals surface area (Å²) >= 11 is 0. The number of nitrogens with one attached hydrogen (secondary N) is 2. The SMILES string of the molecule is CNc1ncnc(Nc2cccc(F)c2C#N)c1C. The Kier molecular flexibility index (Phi) is 3.57. The summed E-state index contributed by atoms with van der Waals surface area (Å²) in [7, 11) is 1.75. The van der Waals surface area contributed by atoms with E-state index in [1.807, 2.05) is 13.0 Å². The third-order valence-electron chi connectivity index (χ3n) is 2.70. The molecule has 0 radical (unpaired) electrons. The van der Waals surface area contributed by atoms with E-state index in [2.05, 4.69) is 20.6 Å². The maximum atomic E-state index is 13.5. The predicted octanol–water partition coefficient (Wildman–Crippen LogP) is 2.58. The second-order valence-electron chi connectivity index (χ2n) is 3.85. The maximum absolute atomic E-state index is 13.5. The van der Waals surface area contributed by atoms with Crippen LogP contribution in [0.15, 0.2) is 24.5 Å². The van der Waals surface area contributed by atoms with E-state index in [-0.39, 0.29) is 5.56 Å². The van der Waals surface area contributed by atoms with Crippen molar-refractivity contribution in [3.05, 3.63) is 41.5 Å². The lowest BCUT2D eigenvalue weighted by Gasteiger charge is -2.12. The summed E-state index contributed by atoms with van der Waals surface area (Å²) in [5, 5.41) is 14.9. The second kappa shape index (κ2) is 5.31. The van der Waals surface area contributed by atoms with Crippen LogP contribution in [0, 0.1) is 24.1 Å². The third kappa shape index (κ3) is 2.45. The quantitative estimate of drug-likeness (QED) is 0.884. The fraction of sp³-hybridized carbons (Fsp3) is 0.154. The van der Waals surface area contributed by atoms with Crippen molar-refractivity contribution < 1.29 is 4.39 Å². The Labute approximate surface area is 110 Å². The van der Waals surface area contributed by atoms with Gasteiger partial charge < -0.3 is 10.6 Å². The fourth-order valence-electron chi connectivity index (χ4n) is 1.70. The Morgan fingerprint density at radius 3 is 2.68 bits per heavy atom. The minimum atomic E-state index is -0.562. The number of anilines is 3. The minimum absolute atomic E-state index is 0.0356. The van der Waals surface area contributed by atoms with Gasteiger partial charge in [0.25, 0.3) is 0 Å². The van der Waals surface area contributed by atoms with E-state index in [9.17, 15) is 4.39 Å². The number of halogens is 1. The summed E-state index contributed by atoms with van der Waals surface area (Å²) in [5.41, 5.74) is 1.14. The van der Waals surface area contributed by atoms with Crippen molar-refractivity contribution >= 4 is 17.3 Å². The normalized spacial score (nSPS) is 9.79. The molecule has 0 atom stereocenters. The monoisotopic (exact) mass is 257 g/mol. The first kappa shape index (κ1) is 12.8. The molecular weight excluding hydrogens is 245 g/mol. The lowest BCUT2D eigenvalue weighted by Crippen LogP contribution is -2.04. The van der Waals surface area contributed by atoms with Crippen LogP contribution in [-0.2, 0) is 0 Å². The lowest BCUT2D eigenvalue weighted by atomic mass is 10.1. The van der Waals surface area contributed by atoms with Gasteiger partial charge in [0.05, 0.1) is 5.69 Å². The summed E-state index contributed by atoms with van der Waals surface area (Å²) in [6.45, 7) is 1.83. The average molecular weight is 257 g/mol. The van der Waals surface area contributed by atoms with Crippen molar-refractivity contribution in [2.24, 2.45) is 0 Å². The van der Waals surface area contributed by atoms with Gasteiger partial charge in [-0.3, -0.25) is 0 Å². The van der Waals surface area contributed by atoms with Crippen LogP contribution in [0.4, 0.5) is 21.7 Å². The van der Waals surface area contributed by atoms with E-state index in [0.717, 1.165) is 5.56 Å². The summed E-state index contributed by atoms with van der Waals surface area (Å²) in [4.78, 5) is 8.15. The molecule has 0 amide bonds. The molecule has 19 heavy (non-hydrogen) atoms.